The second-order valence-corrected chi connectivity index (χ2v) is 4.95. The van der Waals surface area contributed by atoms with Gasteiger partial charge in [0.25, 0.3) is 5.56 Å². The largest absolute Gasteiger partial charge is 0.307 e. The summed E-state index contributed by atoms with van der Waals surface area (Å²) in [4.78, 5) is 20.2. The minimum atomic E-state index is -0.285. The molecule has 3 rings (SSSR count). The molecular formula is C15H12ClN3O. The van der Waals surface area contributed by atoms with Gasteiger partial charge in [0.1, 0.15) is 0 Å². The van der Waals surface area contributed by atoms with Crippen LogP contribution in [0.4, 0.5) is 0 Å². The number of nitrogens with zero attached hydrogens (tertiary/aromatic N) is 3. The average molecular weight is 286 g/mol. The molecule has 0 amide bonds. The van der Waals surface area contributed by atoms with Gasteiger partial charge in [0.2, 0.25) is 0 Å². The van der Waals surface area contributed by atoms with Gasteiger partial charge in [-0.2, -0.15) is 0 Å². The van der Waals surface area contributed by atoms with E-state index < -0.39 is 0 Å². The zero-order valence-electron chi connectivity index (χ0n) is 10.9. The Labute approximate surface area is 120 Å². The maximum atomic E-state index is 11.9. The van der Waals surface area contributed by atoms with E-state index in [0.29, 0.717) is 6.54 Å². The number of aromatic nitrogens is 3. The Kier molecular flexibility index (Phi) is 3.24. The van der Waals surface area contributed by atoms with Gasteiger partial charge in [0.15, 0.2) is 5.15 Å². The van der Waals surface area contributed by atoms with Crippen molar-refractivity contribution in [2.45, 2.75) is 13.5 Å². The Morgan fingerprint density at radius 3 is 2.95 bits per heavy atom. The zero-order chi connectivity index (χ0) is 14.1. The SMILES string of the molecule is Cc1cc(Cn2ccnc(Cl)c2=O)c2ccccc2n1. The van der Waals surface area contributed by atoms with Crippen LogP contribution < -0.4 is 5.56 Å². The number of halogens is 1. The molecule has 5 heteroatoms. The van der Waals surface area contributed by atoms with E-state index in [1.54, 1.807) is 10.8 Å². The summed E-state index contributed by atoms with van der Waals surface area (Å²) in [6, 6.07) is 9.88. The van der Waals surface area contributed by atoms with Crippen molar-refractivity contribution in [1.82, 2.24) is 14.5 Å². The number of benzene rings is 1. The fourth-order valence-corrected chi connectivity index (χ4v) is 2.42. The van der Waals surface area contributed by atoms with Crippen LogP contribution in [0.25, 0.3) is 10.9 Å². The van der Waals surface area contributed by atoms with Gasteiger partial charge in [-0.25, -0.2) is 4.98 Å². The molecule has 0 aliphatic rings. The molecule has 0 radical (unpaired) electrons. The predicted molar refractivity (Wildman–Crippen MR) is 79.1 cm³/mol. The Balaban J connectivity index is 2.15. The first-order valence-electron chi connectivity index (χ1n) is 6.21. The molecule has 0 spiro atoms. The fraction of sp³-hybridized carbons (Fsp3) is 0.133. The quantitative estimate of drug-likeness (QED) is 0.727. The second kappa shape index (κ2) is 5.06. The molecule has 2 aromatic heterocycles. The topological polar surface area (TPSA) is 47.8 Å². The number of rotatable bonds is 2. The van der Waals surface area contributed by atoms with Crippen LogP contribution in [0, 0.1) is 6.92 Å². The molecule has 2 heterocycles. The van der Waals surface area contributed by atoms with Crippen LogP contribution in [0.3, 0.4) is 0 Å². The summed E-state index contributed by atoms with van der Waals surface area (Å²) < 4.78 is 1.55. The molecule has 20 heavy (non-hydrogen) atoms. The third kappa shape index (κ3) is 2.30. The Morgan fingerprint density at radius 2 is 2.10 bits per heavy atom. The van der Waals surface area contributed by atoms with Crippen molar-refractivity contribution in [2.24, 2.45) is 0 Å². The maximum absolute atomic E-state index is 11.9. The molecule has 1 aromatic carbocycles. The van der Waals surface area contributed by atoms with E-state index in [0.717, 1.165) is 22.2 Å². The number of para-hydroxylation sites is 1. The molecule has 3 aromatic rings. The monoisotopic (exact) mass is 285 g/mol. The van der Waals surface area contributed by atoms with Crippen molar-refractivity contribution >= 4 is 22.5 Å². The molecule has 100 valence electrons. The molecule has 0 saturated heterocycles. The molecule has 0 saturated carbocycles. The molecule has 0 fully saturated rings. The second-order valence-electron chi connectivity index (χ2n) is 4.59. The summed E-state index contributed by atoms with van der Waals surface area (Å²) in [5.41, 5.74) is 2.60. The molecule has 4 nitrogen and oxygen atoms in total. The Morgan fingerprint density at radius 1 is 1.30 bits per heavy atom. The van der Waals surface area contributed by atoms with Gasteiger partial charge in [0.05, 0.1) is 12.1 Å². The Hall–Kier alpha value is -2.20. The van der Waals surface area contributed by atoms with E-state index in [-0.39, 0.29) is 10.7 Å². The van der Waals surface area contributed by atoms with Crippen molar-refractivity contribution in [2.75, 3.05) is 0 Å². The summed E-state index contributed by atoms with van der Waals surface area (Å²) >= 11 is 5.77. The first-order valence-corrected chi connectivity index (χ1v) is 6.59. The van der Waals surface area contributed by atoms with E-state index in [2.05, 4.69) is 9.97 Å². The molecule has 0 unspecified atom stereocenters. The van der Waals surface area contributed by atoms with Crippen molar-refractivity contribution in [1.29, 1.82) is 0 Å². The normalized spacial score (nSPS) is 10.9. The van der Waals surface area contributed by atoms with Crippen LogP contribution in [0.2, 0.25) is 5.15 Å². The highest BCUT2D eigenvalue weighted by Gasteiger charge is 2.07. The van der Waals surface area contributed by atoms with Gasteiger partial charge in [-0.05, 0) is 24.6 Å². The summed E-state index contributed by atoms with van der Waals surface area (Å²) in [6.45, 7) is 2.39. The van der Waals surface area contributed by atoms with Crippen LogP contribution >= 0.6 is 11.6 Å². The minimum absolute atomic E-state index is 0.0115. The number of aryl methyl sites for hydroxylation is 1. The summed E-state index contributed by atoms with van der Waals surface area (Å²) in [7, 11) is 0. The molecule has 0 aliphatic carbocycles. The lowest BCUT2D eigenvalue weighted by molar-refractivity contribution is 0.751. The van der Waals surface area contributed by atoms with Gasteiger partial charge >= 0.3 is 0 Å². The summed E-state index contributed by atoms with van der Waals surface area (Å²) in [6.07, 6.45) is 3.17. The summed E-state index contributed by atoms with van der Waals surface area (Å²) in [5, 5.41) is 1.03. The third-order valence-corrected chi connectivity index (χ3v) is 3.40. The van der Waals surface area contributed by atoms with E-state index in [1.807, 2.05) is 37.3 Å². The molecule has 0 N–H and O–H groups in total. The number of pyridine rings is 1. The molecular weight excluding hydrogens is 274 g/mol. The van der Waals surface area contributed by atoms with Crippen LogP contribution in [0.5, 0.6) is 0 Å². The van der Waals surface area contributed by atoms with Gasteiger partial charge < -0.3 is 4.57 Å². The highest BCUT2D eigenvalue weighted by Crippen LogP contribution is 2.18. The van der Waals surface area contributed by atoms with Crippen molar-refractivity contribution < 1.29 is 0 Å². The van der Waals surface area contributed by atoms with Gasteiger partial charge in [-0.3, -0.25) is 9.78 Å². The number of hydrogen-bond donors (Lipinski definition) is 0. The Bertz CT molecular complexity index is 842. The van der Waals surface area contributed by atoms with E-state index in [9.17, 15) is 4.79 Å². The predicted octanol–water partition coefficient (Wildman–Crippen LogP) is 2.80. The highest BCUT2D eigenvalue weighted by atomic mass is 35.5. The lowest BCUT2D eigenvalue weighted by Gasteiger charge is -2.10. The van der Waals surface area contributed by atoms with Gasteiger partial charge in [0, 0.05) is 23.5 Å². The molecule has 0 aliphatic heterocycles. The minimum Gasteiger partial charge on any atom is -0.307 e. The lowest BCUT2D eigenvalue weighted by Crippen LogP contribution is -2.21. The maximum Gasteiger partial charge on any atom is 0.288 e. The first-order chi connectivity index (χ1) is 9.65. The third-order valence-electron chi connectivity index (χ3n) is 3.14. The standard InChI is InChI=1S/C15H12ClN3O/c1-10-8-11(12-4-2-3-5-13(12)18-10)9-19-7-6-17-14(16)15(19)20/h2-8H,9H2,1H3. The molecule has 0 atom stereocenters. The average Bonchev–Trinajstić information content (AvgIpc) is 2.43. The van der Waals surface area contributed by atoms with Crippen molar-refractivity contribution in [3.8, 4) is 0 Å². The first kappa shape index (κ1) is 12.8. The number of hydrogen-bond acceptors (Lipinski definition) is 3. The van der Waals surface area contributed by atoms with Crippen molar-refractivity contribution in [3.05, 3.63) is 69.5 Å². The van der Waals surface area contributed by atoms with E-state index in [4.69, 9.17) is 11.6 Å². The summed E-state index contributed by atoms with van der Waals surface area (Å²) in [5.74, 6) is 0. The van der Waals surface area contributed by atoms with Gasteiger partial charge in [-0.1, -0.05) is 29.8 Å². The van der Waals surface area contributed by atoms with Crippen LogP contribution in [-0.2, 0) is 6.54 Å². The molecule has 0 bridgehead atoms. The lowest BCUT2D eigenvalue weighted by atomic mass is 10.1. The zero-order valence-corrected chi connectivity index (χ0v) is 11.6. The van der Waals surface area contributed by atoms with Crippen LogP contribution in [-0.4, -0.2) is 14.5 Å². The van der Waals surface area contributed by atoms with E-state index >= 15 is 0 Å². The van der Waals surface area contributed by atoms with Crippen LogP contribution in [0.15, 0.2) is 47.5 Å². The van der Waals surface area contributed by atoms with Gasteiger partial charge in [-0.15, -0.1) is 0 Å². The van der Waals surface area contributed by atoms with Crippen LogP contribution in [0.1, 0.15) is 11.3 Å². The number of fused-ring (bicyclic) bond motifs is 1. The smallest absolute Gasteiger partial charge is 0.288 e. The van der Waals surface area contributed by atoms with Crippen molar-refractivity contribution in [3.63, 3.8) is 0 Å². The van der Waals surface area contributed by atoms with E-state index in [1.165, 1.54) is 6.20 Å². The fourth-order valence-electron chi connectivity index (χ4n) is 2.25. The highest BCUT2D eigenvalue weighted by molar-refractivity contribution is 6.29.